The molecule has 210 valence electrons. The Labute approximate surface area is 239 Å². The number of nitrogens with one attached hydrogen (secondary N) is 1. The van der Waals surface area contributed by atoms with Crippen LogP contribution in [0.2, 0.25) is 0 Å². The van der Waals surface area contributed by atoms with Crippen molar-refractivity contribution in [2.45, 2.75) is 51.6 Å². The van der Waals surface area contributed by atoms with Crippen LogP contribution in [0.3, 0.4) is 0 Å². The molecule has 10 heteroatoms. The molecular formula is C31H32N6O4. The van der Waals surface area contributed by atoms with Gasteiger partial charge in [0.1, 0.15) is 17.4 Å². The number of amides is 1. The largest absolute Gasteiger partial charge is 0.491 e. The number of rotatable bonds is 7. The molecule has 0 spiro atoms. The van der Waals surface area contributed by atoms with E-state index in [0.717, 1.165) is 12.8 Å². The molecule has 0 saturated heterocycles. The van der Waals surface area contributed by atoms with Gasteiger partial charge in [0.25, 0.3) is 0 Å². The van der Waals surface area contributed by atoms with Gasteiger partial charge in [0, 0.05) is 23.7 Å². The lowest BCUT2D eigenvalue weighted by Gasteiger charge is -2.26. The molecule has 2 heterocycles. The van der Waals surface area contributed by atoms with Gasteiger partial charge in [0.2, 0.25) is 5.95 Å². The fourth-order valence-electron chi connectivity index (χ4n) is 4.76. The van der Waals surface area contributed by atoms with Gasteiger partial charge in [-0.3, -0.25) is 4.90 Å². The van der Waals surface area contributed by atoms with Crippen molar-refractivity contribution < 1.29 is 19.4 Å². The minimum atomic E-state index is -0.812. The number of ether oxygens (including phenoxy) is 2. The SMILES string of the molecule is CC(C)(C)OC(=O)N1C[C@](C)(CO)c2cc(-c3ccnc(Nc4cc(C#N)ccc4OCC4CC4)n3)cc(C#N)c21. The lowest BCUT2D eigenvalue weighted by molar-refractivity contribution is 0.0575. The van der Waals surface area contributed by atoms with Crippen molar-refractivity contribution in [3.8, 4) is 29.1 Å². The summed E-state index contributed by atoms with van der Waals surface area (Å²) in [5.74, 6) is 1.45. The Hall–Kier alpha value is -4.67. The molecule has 41 heavy (non-hydrogen) atoms. The number of anilines is 3. The van der Waals surface area contributed by atoms with Gasteiger partial charge >= 0.3 is 6.09 Å². The van der Waals surface area contributed by atoms with Gasteiger partial charge in [-0.2, -0.15) is 10.5 Å². The number of fused-ring (bicyclic) bond motifs is 1. The summed E-state index contributed by atoms with van der Waals surface area (Å²) < 4.78 is 11.6. The van der Waals surface area contributed by atoms with Crippen LogP contribution in [-0.2, 0) is 10.2 Å². The zero-order valence-corrected chi connectivity index (χ0v) is 23.6. The second-order valence-corrected chi connectivity index (χ2v) is 11.8. The third-order valence-corrected chi connectivity index (χ3v) is 7.10. The minimum absolute atomic E-state index is 0.168. The Kier molecular flexibility index (Phi) is 7.29. The zero-order valence-electron chi connectivity index (χ0n) is 23.6. The maximum absolute atomic E-state index is 13.1. The molecule has 2 N–H and O–H groups in total. The summed E-state index contributed by atoms with van der Waals surface area (Å²) in [5.41, 5.74) is 2.04. The van der Waals surface area contributed by atoms with Gasteiger partial charge in [0.05, 0.1) is 47.5 Å². The second-order valence-electron chi connectivity index (χ2n) is 11.8. The molecule has 10 nitrogen and oxygen atoms in total. The first kappa shape index (κ1) is 27.9. The number of nitriles is 2. The number of aliphatic hydroxyl groups is 1. The van der Waals surface area contributed by atoms with Crippen LogP contribution in [0.15, 0.2) is 42.6 Å². The second kappa shape index (κ2) is 10.7. The van der Waals surface area contributed by atoms with E-state index in [-0.39, 0.29) is 24.7 Å². The van der Waals surface area contributed by atoms with Gasteiger partial charge < -0.3 is 19.9 Å². The van der Waals surface area contributed by atoms with Crippen LogP contribution >= 0.6 is 0 Å². The number of benzene rings is 2. The van der Waals surface area contributed by atoms with Crippen LogP contribution in [0.4, 0.5) is 22.1 Å². The molecule has 2 aliphatic rings. The zero-order chi connectivity index (χ0) is 29.4. The summed E-state index contributed by atoms with van der Waals surface area (Å²) in [6.07, 6.45) is 3.33. The van der Waals surface area contributed by atoms with E-state index < -0.39 is 17.1 Å². The standard InChI is InChI=1S/C31H32N6O4/c1-30(2,3)41-29(39)37-17-31(4,18-38)23-13-21(12-22(15-33)27(23)37)24-9-10-34-28(35-24)36-25-11-20(14-32)7-8-26(25)40-16-19-5-6-19/h7-13,19,38H,5-6,16-18H2,1-4H3,(H,34,35,36)/t31-/m1/s1. The third kappa shape index (κ3) is 5.93. The molecule has 1 atom stereocenters. The van der Waals surface area contributed by atoms with Crippen LogP contribution in [0.5, 0.6) is 5.75 Å². The normalized spacial score (nSPS) is 17.8. The molecule has 1 saturated carbocycles. The summed E-state index contributed by atoms with van der Waals surface area (Å²) in [5, 5.41) is 33.0. The molecule has 5 rings (SSSR count). The van der Waals surface area contributed by atoms with Gasteiger partial charge in [0.15, 0.2) is 0 Å². The highest BCUT2D eigenvalue weighted by atomic mass is 16.6. The predicted molar refractivity (Wildman–Crippen MR) is 153 cm³/mol. The minimum Gasteiger partial charge on any atom is -0.491 e. The lowest BCUT2D eigenvalue weighted by atomic mass is 9.83. The topological polar surface area (TPSA) is 144 Å². The quantitative estimate of drug-likeness (QED) is 0.392. The average Bonchev–Trinajstić information content (AvgIpc) is 3.73. The molecule has 0 radical (unpaired) electrons. The third-order valence-electron chi connectivity index (χ3n) is 7.10. The average molecular weight is 553 g/mol. The van der Waals surface area contributed by atoms with E-state index in [1.54, 1.807) is 57.3 Å². The monoisotopic (exact) mass is 552 g/mol. The van der Waals surface area contributed by atoms with Crippen molar-refractivity contribution in [1.29, 1.82) is 10.5 Å². The highest BCUT2D eigenvalue weighted by molar-refractivity contribution is 5.95. The summed E-state index contributed by atoms with van der Waals surface area (Å²) in [7, 11) is 0. The molecule has 0 bridgehead atoms. The van der Waals surface area contributed by atoms with E-state index in [2.05, 4.69) is 27.4 Å². The smallest absolute Gasteiger partial charge is 0.414 e. The number of carbonyl (C=O) groups excluding carboxylic acids is 1. The van der Waals surface area contributed by atoms with E-state index in [4.69, 9.17) is 9.47 Å². The summed E-state index contributed by atoms with van der Waals surface area (Å²) in [4.78, 5) is 23.6. The van der Waals surface area contributed by atoms with Crippen molar-refractivity contribution in [1.82, 2.24) is 9.97 Å². The molecule has 1 aliphatic carbocycles. The van der Waals surface area contributed by atoms with E-state index >= 15 is 0 Å². The Morgan fingerprint density at radius 2 is 1.98 bits per heavy atom. The highest BCUT2D eigenvalue weighted by Gasteiger charge is 2.44. The molecule has 2 aromatic carbocycles. The van der Waals surface area contributed by atoms with Gasteiger partial charge in [-0.15, -0.1) is 0 Å². The van der Waals surface area contributed by atoms with Crippen molar-refractivity contribution >= 4 is 23.4 Å². The van der Waals surface area contributed by atoms with Gasteiger partial charge in [-0.05, 0) is 81.5 Å². The molecule has 1 fully saturated rings. The van der Waals surface area contributed by atoms with Crippen LogP contribution in [0.25, 0.3) is 11.3 Å². The van der Waals surface area contributed by atoms with Crippen LogP contribution in [0, 0.1) is 28.6 Å². The lowest BCUT2D eigenvalue weighted by Crippen LogP contribution is -2.40. The van der Waals surface area contributed by atoms with E-state index in [9.17, 15) is 20.4 Å². The van der Waals surface area contributed by atoms with Crippen molar-refractivity contribution in [2.24, 2.45) is 5.92 Å². The van der Waals surface area contributed by atoms with Crippen LogP contribution in [-0.4, -0.2) is 46.5 Å². The fourth-order valence-corrected chi connectivity index (χ4v) is 4.76. The first-order chi connectivity index (χ1) is 19.5. The van der Waals surface area contributed by atoms with E-state index in [1.807, 2.05) is 13.0 Å². The van der Waals surface area contributed by atoms with Crippen LogP contribution in [0.1, 0.15) is 57.2 Å². The van der Waals surface area contributed by atoms with Crippen molar-refractivity contribution in [2.75, 3.05) is 30.0 Å². The molecular weight excluding hydrogens is 520 g/mol. The molecule has 1 amide bonds. The Balaban J connectivity index is 1.50. The maximum Gasteiger partial charge on any atom is 0.414 e. The number of nitrogens with zero attached hydrogens (tertiary/aromatic N) is 5. The van der Waals surface area contributed by atoms with E-state index in [1.165, 1.54) is 4.90 Å². The number of aromatic nitrogens is 2. The van der Waals surface area contributed by atoms with Crippen molar-refractivity contribution in [3.63, 3.8) is 0 Å². The van der Waals surface area contributed by atoms with Crippen molar-refractivity contribution in [3.05, 3.63) is 59.3 Å². The summed E-state index contributed by atoms with van der Waals surface area (Å²) in [6.45, 7) is 7.73. The Morgan fingerprint density at radius 1 is 1.20 bits per heavy atom. The molecule has 1 aromatic heterocycles. The fraction of sp³-hybridized carbons (Fsp3) is 0.387. The van der Waals surface area contributed by atoms with Crippen LogP contribution < -0.4 is 15.0 Å². The molecule has 1 aliphatic heterocycles. The summed E-state index contributed by atoms with van der Waals surface area (Å²) >= 11 is 0. The summed E-state index contributed by atoms with van der Waals surface area (Å²) in [6, 6.07) is 14.8. The number of carbonyl (C=O) groups is 1. The number of aliphatic hydroxyl groups excluding tert-OH is 1. The molecule has 3 aromatic rings. The van der Waals surface area contributed by atoms with Gasteiger partial charge in [-0.25, -0.2) is 14.8 Å². The van der Waals surface area contributed by atoms with E-state index in [0.29, 0.717) is 52.0 Å². The van der Waals surface area contributed by atoms with Gasteiger partial charge in [-0.1, -0.05) is 6.92 Å². The molecule has 0 unspecified atom stereocenters. The first-order valence-corrected chi connectivity index (χ1v) is 13.5. The predicted octanol–water partition coefficient (Wildman–Crippen LogP) is 5.42. The number of hydrogen-bond acceptors (Lipinski definition) is 9. The Bertz CT molecular complexity index is 1580. The highest BCUT2D eigenvalue weighted by Crippen LogP contribution is 2.45. The Morgan fingerprint density at radius 3 is 2.63 bits per heavy atom. The first-order valence-electron chi connectivity index (χ1n) is 13.5. The number of hydrogen-bond donors (Lipinski definition) is 2. The maximum atomic E-state index is 13.1.